The SMILES string of the molecule is COCCOc1ccc(NC(=O)C(C)C2CNC2)c(C)c1.Cl. The van der Waals surface area contributed by atoms with Crippen molar-refractivity contribution in [3.05, 3.63) is 23.8 Å². The summed E-state index contributed by atoms with van der Waals surface area (Å²) < 4.78 is 10.5. The highest BCUT2D eigenvalue weighted by Gasteiger charge is 2.28. The summed E-state index contributed by atoms with van der Waals surface area (Å²) >= 11 is 0. The van der Waals surface area contributed by atoms with Crippen molar-refractivity contribution in [2.24, 2.45) is 11.8 Å². The maximum absolute atomic E-state index is 12.2. The number of halogens is 1. The van der Waals surface area contributed by atoms with Crippen molar-refractivity contribution in [3.8, 4) is 5.75 Å². The lowest BCUT2D eigenvalue weighted by Crippen LogP contribution is -2.48. The van der Waals surface area contributed by atoms with E-state index in [0.717, 1.165) is 30.1 Å². The molecule has 2 rings (SSSR count). The van der Waals surface area contributed by atoms with Crippen LogP contribution in [0.25, 0.3) is 0 Å². The molecule has 1 amide bonds. The lowest BCUT2D eigenvalue weighted by molar-refractivity contribution is -0.121. The predicted octanol–water partition coefficient (Wildman–Crippen LogP) is 2.24. The average molecular weight is 329 g/mol. The molecule has 1 atom stereocenters. The Bertz CT molecular complexity index is 492. The average Bonchev–Trinajstić information content (AvgIpc) is 2.40. The van der Waals surface area contributed by atoms with Gasteiger partial charge in [0, 0.05) is 18.7 Å². The van der Waals surface area contributed by atoms with Gasteiger partial charge < -0.3 is 20.1 Å². The number of aryl methyl sites for hydroxylation is 1. The van der Waals surface area contributed by atoms with Gasteiger partial charge in [0.25, 0.3) is 0 Å². The van der Waals surface area contributed by atoms with Crippen molar-refractivity contribution >= 4 is 24.0 Å². The molecule has 1 unspecified atom stereocenters. The number of nitrogens with one attached hydrogen (secondary N) is 2. The Morgan fingerprint density at radius 3 is 2.68 bits per heavy atom. The maximum Gasteiger partial charge on any atom is 0.227 e. The molecule has 0 saturated carbocycles. The zero-order chi connectivity index (χ0) is 15.2. The predicted molar refractivity (Wildman–Crippen MR) is 90.0 cm³/mol. The summed E-state index contributed by atoms with van der Waals surface area (Å²) in [5.41, 5.74) is 1.84. The van der Waals surface area contributed by atoms with Gasteiger partial charge in [-0.3, -0.25) is 4.79 Å². The van der Waals surface area contributed by atoms with Gasteiger partial charge in [-0.15, -0.1) is 12.4 Å². The Kier molecular flexibility index (Phi) is 7.65. The van der Waals surface area contributed by atoms with Crippen LogP contribution in [0.3, 0.4) is 0 Å². The van der Waals surface area contributed by atoms with Gasteiger partial charge in [-0.05, 0) is 49.7 Å². The van der Waals surface area contributed by atoms with E-state index in [0.29, 0.717) is 19.1 Å². The molecule has 1 aromatic carbocycles. The fourth-order valence-electron chi connectivity index (χ4n) is 2.23. The van der Waals surface area contributed by atoms with E-state index in [1.807, 2.05) is 32.0 Å². The molecule has 2 N–H and O–H groups in total. The fraction of sp³-hybridized carbons (Fsp3) is 0.562. The largest absolute Gasteiger partial charge is 0.491 e. The van der Waals surface area contributed by atoms with Crippen LogP contribution < -0.4 is 15.4 Å². The van der Waals surface area contributed by atoms with Gasteiger partial charge in [0.15, 0.2) is 0 Å². The van der Waals surface area contributed by atoms with E-state index in [9.17, 15) is 4.79 Å². The molecule has 0 spiro atoms. The summed E-state index contributed by atoms with van der Waals surface area (Å²) in [6.45, 7) is 6.89. The third-order valence-electron chi connectivity index (χ3n) is 3.95. The van der Waals surface area contributed by atoms with Crippen molar-refractivity contribution in [2.45, 2.75) is 13.8 Å². The van der Waals surface area contributed by atoms with Crippen molar-refractivity contribution in [3.63, 3.8) is 0 Å². The van der Waals surface area contributed by atoms with Crippen molar-refractivity contribution in [2.75, 3.05) is 38.7 Å². The number of ether oxygens (including phenoxy) is 2. The Labute approximate surface area is 138 Å². The third kappa shape index (κ3) is 4.87. The number of methoxy groups -OCH3 is 1. The smallest absolute Gasteiger partial charge is 0.227 e. The highest BCUT2D eigenvalue weighted by Crippen LogP contribution is 2.23. The molecule has 1 aromatic rings. The second kappa shape index (κ2) is 8.98. The second-order valence-corrected chi connectivity index (χ2v) is 5.51. The number of carbonyl (C=O) groups excluding carboxylic acids is 1. The monoisotopic (exact) mass is 328 g/mol. The van der Waals surface area contributed by atoms with Gasteiger partial charge in [-0.1, -0.05) is 6.92 Å². The molecule has 22 heavy (non-hydrogen) atoms. The minimum absolute atomic E-state index is 0. The molecule has 124 valence electrons. The van der Waals surface area contributed by atoms with Crippen LogP contribution >= 0.6 is 12.4 Å². The molecule has 0 radical (unpaired) electrons. The Hall–Kier alpha value is -1.30. The molecule has 6 heteroatoms. The zero-order valence-electron chi connectivity index (χ0n) is 13.3. The van der Waals surface area contributed by atoms with E-state index < -0.39 is 0 Å². The van der Waals surface area contributed by atoms with Gasteiger partial charge in [-0.25, -0.2) is 0 Å². The minimum Gasteiger partial charge on any atom is -0.491 e. The Morgan fingerprint density at radius 2 is 2.14 bits per heavy atom. The molecular weight excluding hydrogens is 304 g/mol. The van der Waals surface area contributed by atoms with Crippen molar-refractivity contribution in [1.29, 1.82) is 0 Å². The first-order valence-electron chi connectivity index (χ1n) is 7.35. The maximum atomic E-state index is 12.2. The van der Waals surface area contributed by atoms with E-state index in [1.54, 1.807) is 7.11 Å². The number of hydrogen-bond acceptors (Lipinski definition) is 4. The molecule has 5 nitrogen and oxygen atoms in total. The first kappa shape index (κ1) is 18.7. The molecule has 0 aromatic heterocycles. The number of anilines is 1. The molecule has 1 aliphatic rings. The molecule has 0 bridgehead atoms. The van der Waals surface area contributed by atoms with Crippen LogP contribution in [0.4, 0.5) is 5.69 Å². The standard InChI is InChI=1S/C16H24N2O3.ClH/c1-11-8-14(21-7-6-20-3)4-5-15(11)18-16(19)12(2)13-9-17-10-13;/h4-5,8,12-13,17H,6-7,9-10H2,1-3H3,(H,18,19);1H. The van der Waals surface area contributed by atoms with Crippen LogP contribution in [0, 0.1) is 18.8 Å². The summed E-state index contributed by atoms with van der Waals surface area (Å²) in [6, 6.07) is 5.69. The summed E-state index contributed by atoms with van der Waals surface area (Å²) in [7, 11) is 1.64. The van der Waals surface area contributed by atoms with Crippen LogP contribution in [0.15, 0.2) is 18.2 Å². The lowest BCUT2D eigenvalue weighted by Gasteiger charge is -2.31. The van der Waals surface area contributed by atoms with E-state index in [2.05, 4.69) is 10.6 Å². The van der Waals surface area contributed by atoms with E-state index >= 15 is 0 Å². The topological polar surface area (TPSA) is 59.6 Å². The van der Waals surface area contributed by atoms with Gasteiger partial charge >= 0.3 is 0 Å². The summed E-state index contributed by atoms with van der Waals surface area (Å²) in [5, 5.41) is 6.20. The molecule has 0 aliphatic carbocycles. The Balaban J connectivity index is 0.00000242. The Morgan fingerprint density at radius 1 is 1.41 bits per heavy atom. The fourth-order valence-corrected chi connectivity index (χ4v) is 2.23. The quantitative estimate of drug-likeness (QED) is 0.754. The highest BCUT2D eigenvalue weighted by atomic mass is 35.5. The normalized spacial score (nSPS) is 15.4. The third-order valence-corrected chi connectivity index (χ3v) is 3.95. The van der Waals surface area contributed by atoms with Gasteiger partial charge in [0.2, 0.25) is 5.91 Å². The first-order valence-corrected chi connectivity index (χ1v) is 7.35. The molecule has 1 saturated heterocycles. The van der Waals surface area contributed by atoms with E-state index in [-0.39, 0.29) is 24.2 Å². The summed E-state index contributed by atoms with van der Waals surface area (Å²) in [4.78, 5) is 12.2. The second-order valence-electron chi connectivity index (χ2n) is 5.51. The zero-order valence-corrected chi connectivity index (χ0v) is 14.2. The molecule has 1 fully saturated rings. The first-order chi connectivity index (χ1) is 10.1. The van der Waals surface area contributed by atoms with Crippen LogP contribution in [0.2, 0.25) is 0 Å². The van der Waals surface area contributed by atoms with Gasteiger partial charge in [-0.2, -0.15) is 0 Å². The minimum atomic E-state index is 0. The number of amides is 1. The highest BCUT2D eigenvalue weighted by molar-refractivity contribution is 5.93. The number of carbonyl (C=O) groups is 1. The molecule has 1 aliphatic heterocycles. The van der Waals surface area contributed by atoms with Crippen LogP contribution in [0.5, 0.6) is 5.75 Å². The lowest BCUT2D eigenvalue weighted by atomic mass is 9.88. The van der Waals surface area contributed by atoms with Gasteiger partial charge in [0.05, 0.1) is 6.61 Å². The van der Waals surface area contributed by atoms with E-state index in [1.165, 1.54) is 0 Å². The van der Waals surface area contributed by atoms with Gasteiger partial charge in [0.1, 0.15) is 12.4 Å². The summed E-state index contributed by atoms with van der Waals surface area (Å²) in [6.07, 6.45) is 0. The van der Waals surface area contributed by atoms with Crippen LogP contribution in [-0.4, -0.2) is 39.3 Å². The number of rotatable bonds is 7. The van der Waals surface area contributed by atoms with Crippen LogP contribution in [-0.2, 0) is 9.53 Å². The molecular formula is C16H25ClN2O3. The van der Waals surface area contributed by atoms with E-state index in [4.69, 9.17) is 9.47 Å². The van der Waals surface area contributed by atoms with Crippen LogP contribution in [0.1, 0.15) is 12.5 Å². The molecule has 1 heterocycles. The van der Waals surface area contributed by atoms with Crippen molar-refractivity contribution < 1.29 is 14.3 Å². The van der Waals surface area contributed by atoms with Crippen molar-refractivity contribution in [1.82, 2.24) is 5.32 Å². The number of hydrogen-bond donors (Lipinski definition) is 2. The summed E-state index contributed by atoms with van der Waals surface area (Å²) in [5.74, 6) is 1.35. The number of benzene rings is 1.